The number of carboxylic acids is 1. The number of likely N-dealkylation sites (tertiary alicyclic amines) is 1. The summed E-state index contributed by atoms with van der Waals surface area (Å²) in [7, 11) is 0. The standard InChI is InChI=1S/C18H25NO5/c1-4-23-15-10-13(6-7-14(15)24-11-16(20)21)17(22)19-9-5-8-18(2,3)12-19/h6-7,10H,4-5,8-9,11-12H2,1-3H3,(H,20,21). The topological polar surface area (TPSA) is 76.1 Å². The Hall–Kier alpha value is -2.24. The molecule has 1 aromatic carbocycles. The minimum atomic E-state index is -1.06. The summed E-state index contributed by atoms with van der Waals surface area (Å²) in [5.74, 6) is -0.377. The van der Waals surface area contributed by atoms with Gasteiger partial charge in [0.1, 0.15) is 0 Å². The zero-order valence-corrected chi connectivity index (χ0v) is 14.5. The monoisotopic (exact) mass is 335 g/mol. The van der Waals surface area contributed by atoms with Gasteiger partial charge in [0.15, 0.2) is 18.1 Å². The van der Waals surface area contributed by atoms with Crippen molar-refractivity contribution in [1.82, 2.24) is 4.90 Å². The van der Waals surface area contributed by atoms with Crippen molar-refractivity contribution in [1.29, 1.82) is 0 Å². The minimum Gasteiger partial charge on any atom is -0.490 e. The van der Waals surface area contributed by atoms with Crippen LogP contribution in [0.25, 0.3) is 0 Å². The number of benzene rings is 1. The summed E-state index contributed by atoms with van der Waals surface area (Å²) in [6.45, 7) is 7.59. The Morgan fingerprint density at radius 1 is 1.25 bits per heavy atom. The maximum absolute atomic E-state index is 12.8. The lowest BCUT2D eigenvalue weighted by molar-refractivity contribution is -0.139. The van der Waals surface area contributed by atoms with Crippen molar-refractivity contribution in [2.75, 3.05) is 26.3 Å². The molecule has 0 radical (unpaired) electrons. The molecule has 1 amide bonds. The Kier molecular flexibility index (Phi) is 5.70. The average Bonchev–Trinajstić information content (AvgIpc) is 2.52. The lowest BCUT2D eigenvalue weighted by Gasteiger charge is -2.38. The van der Waals surface area contributed by atoms with Gasteiger partial charge < -0.3 is 19.5 Å². The van der Waals surface area contributed by atoms with Crippen molar-refractivity contribution in [2.24, 2.45) is 5.41 Å². The van der Waals surface area contributed by atoms with Crippen LogP contribution < -0.4 is 9.47 Å². The van der Waals surface area contributed by atoms with Crippen LogP contribution in [0, 0.1) is 5.41 Å². The van der Waals surface area contributed by atoms with Gasteiger partial charge in [0, 0.05) is 18.7 Å². The second-order valence-corrected chi connectivity index (χ2v) is 6.77. The number of carboxylic acid groups (broad SMARTS) is 1. The second kappa shape index (κ2) is 7.55. The zero-order chi connectivity index (χ0) is 17.7. The number of hydrogen-bond acceptors (Lipinski definition) is 4. The van der Waals surface area contributed by atoms with Crippen molar-refractivity contribution in [2.45, 2.75) is 33.6 Å². The molecule has 0 aromatic heterocycles. The van der Waals surface area contributed by atoms with Gasteiger partial charge in [0.25, 0.3) is 5.91 Å². The van der Waals surface area contributed by atoms with Crippen LogP contribution >= 0.6 is 0 Å². The molecule has 1 N–H and O–H groups in total. The number of carbonyl (C=O) groups excluding carboxylic acids is 1. The fraction of sp³-hybridized carbons (Fsp3) is 0.556. The third kappa shape index (κ3) is 4.63. The van der Waals surface area contributed by atoms with Crippen LogP contribution in [0.2, 0.25) is 0 Å². The first-order valence-corrected chi connectivity index (χ1v) is 8.23. The highest BCUT2D eigenvalue weighted by atomic mass is 16.5. The zero-order valence-electron chi connectivity index (χ0n) is 14.5. The van der Waals surface area contributed by atoms with Gasteiger partial charge in [-0.1, -0.05) is 13.8 Å². The summed E-state index contributed by atoms with van der Waals surface area (Å²) in [5.41, 5.74) is 0.653. The summed E-state index contributed by atoms with van der Waals surface area (Å²) >= 11 is 0. The lowest BCUT2D eigenvalue weighted by atomic mass is 9.84. The summed E-state index contributed by atoms with van der Waals surface area (Å²) < 4.78 is 10.7. The Labute approximate surface area is 142 Å². The van der Waals surface area contributed by atoms with Crippen molar-refractivity contribution in [3.8, 4) is 11.5 Å². The van der Waals surface area contributed by atoms with Crippen LogP contribution in [0.4, 0.5) is 0 Å². The van der Waals surface area contributed by atoms with E-state index in [9.17, 15) is 9.59 Å². The van der Waals surface area contributed by atoms with Gasteiger partial charge in [-0.05, 0) is 43.4 Å². The highest BCUT2D eigenvalue weighted by Gasteiger charge is 2.29. The van der Waals surface area contributed by atoms with Crippen LogP contribution in [0.5, 0.6) is 11.5 Å². The second-order valence-electron chi connectivity index (χ2n) is 6.77. The third-order valence-electron chi connectivity index (χ3n) is 4.03. The predicted molar refractivity (Wildman–Crippen MR) is 89.7 cm³/mol. The smallest absolute Gasteiger partial charge is 0.341 e. The molecule has 1 aliphatic rings. The molecule has 0 aliphatic carbocycles. The fourth-order valence-electron chi connectivity index (χ4n) is 2.95. The summed E-state index contributed by atoms with van der Waals surface area (Å²) in [4.78, 5) is 25.3. The summed E-state index contributed by atoms with van der Waals surface area (Å²) in [6, 6.07) is 4.88. The first-order chi connectivity index (χ1) is 11.3. The molecule has 0 unspecified atom stereocenters. The maximum atomic E-state index is 12.8. The van der Waals surface area contributed by atoms with Gasteiger partial charge in [-0.25, -0.2) is 4.79 Å². The molecule has 6 nitrogen and oxygen atoms in total. The quantitative estimate of drug-likeness (QED) is 0.865. The average molecular weight is 335 g/mol. The molecule has 132 valence electrons. The van der Waals surface area contributed by atoms with Gasteiger partial charge >= 0.3 is 5.97 Å². The van der Waals surface area contributed by atoms with Gasteiger partial charge in [-0.15, -0.1) is 0 Å². The molecule has 1 saturated heterocycles. The van der Waals surface area contributed by atoms with Crippen LogP contribution in [-0.4, -0.2) is 48.2 Å². The molecule has 0 saturated carbocycles. The van der Waals surface area contributed by atoms with E-state index in [4.69, 9.17) is 14.6 Å². The van der Waals surface area contributed by atoms with E-state index in [-0.39, 0.29) is 11.3 Å². The molecule has 1 aromatic rings. The molecule has 1 heterocycles. The van der Waals surface area contributed by atoms with Gasteiger partial charge in [0.2, 0.25) is 0 Å². The van der Waals surface area contributed by atoms with E-state index in [1.54, 1.807) is 18.2 Å². The van der Waals surface area contributed by atoms with Crippen molar-refractivity contribution >= 4 is 11.9 Å². The van der Waals surface area contributed by atoms with E-state index < -0.39 is 12.6 Å². The molecule has 2 rings (SSSR count). The largest absolute Gasteiger partial charge is 0.490 e. The molecule has 24 heavy (non-hydrogen) atoms. The molecular weight excluding hydrogens is 310 g/mol. The van der Waals surface area contributed by atoms with Gasteiger partial charge in [-0.2, -0.15) is 0 Å². The van der Waals surface area contributed by atoms with E-state index in [0.29, 0.717) is 23.7 Å². The van der Waals surface area contributed by atoms with E-state index in [1.807, 2.05) is 11.8 Å². The molecule has 0 spiro atoms. The number of hydrogen-bond donors (Lipinski definition) is 1. The predicted octanol–water partition coefficient (Wildman–Crippen LogP) is 2.81. The highest BCUT2D eigenvalue weighted by molar-refractivity contribution is 5.95. The van der Waals surface area contributed by atoms with E-state index >= 15 is 0 Å². The number of rotatable bonds is 6. The highest BCUT2D eigenvalue weighted by Crippen LogP contribution is 2.32. The van der Waals surface area contributed by atoms with E-state index in [2.05, 4.69) is 13.8 Å². The van der Waals surface area contributed by atoms with E-state index in [0.717, 1.165) is 25.9 Å². The van der Waals surface area contributed by atoms with Gasteiger partial charge in [-0.3, -0.25) is 4.79 Å². The first kappa shape index (κ1) is 18.1. The third-order valence-corrected chi connectivity index (χ3v) is 4.03. The number of ether oxygens (including phenoxy) is 2. The molecular formula is C18H25NO5. The number of amides is 1. The van der Waals surface area contributed by atoms with Crippen molar-refractivity contribution in [3.05, 3.63) is 23.8 Å². The van der Waals surface area contributed by atoms with Crippen molar-refractivity contribution < 1.29 is 24.2 Å². The van der Waals surface area contributed by atoms with E-state index in [1.165, 1.54) is 0 Å². The Morgan fingerprint density at radius 3 is 2.62 bits per heavy atom. The fourth-order valence-corrected chi connectivity index (χ4v) is 2.95. The van der Waals surface area contributed by atoms with Crippen LogP contribution in [0.3, 0.4) is 0 Å². The molecule has 6 heteroatoms. The minimum absolute atomic E-state index is 0.0338. The Bertz CT molecular complexity index is 611. The lowest BCUT2D eigenvalue weighted by Crippen LogP contribution is -2.43. The van der Waals surface area contributed by atoms with Crippen molar-refractivity contribution in [3.63, 3.8) is 0 Å². The Morgan fingerprint density at radius 2 is 2.00 bits per heavy atom. The normalized spacial score (nSPS) is 16.5. The summed E-state index contributed by atoms with van der Waals surface area (Å²) in [6.07, 6.45) is 2.11. The summed E-state index contributed by atoms with van der Waals surface area (Å²) in [5, 5.41) is 8.73. The van der Waals surface area contributed by atoms with Crippen LogP contribution in [-0.2, 0) is 4.79 Å². The number of carbonyl (C=O) groups is 2. The Balaban J connectivity index is 2.19. The SMILES string of the molecule is CCOc1cc(C(=O)N2CCCC(C)(C)C2)ccc1OCC(=O)O. The number of piperidine rings is 1. The molecule has 1 fully saturated rings. The molecule has 1 aliphatic heterocycles. The first-order valence-electron chi connectivity index (χ1n) is 8.23. The maximum Gasteiger partial charge on any atom is 0.341 e. The number of aliphatic carboxylic acids is 1. The van der Waals surface area contributed by atoms with Crippen LogP contribution in [0.15, 0.2) is 18.2 Å². The van der Waals surface area contributed by atoms with Gasteiger partial charge in [0.05, 0.1) is 6.61 Å². The molecule has 0 atom stereocenters. The molecule has 0 bridgehead atoms. The van der Waals surface area contributed by atoms with Crippen LogP contribution in [0.1, 0.15) is 44.0 Å². The number of nitrogens with zero attached hydrogens (tertiary/aromatic N) is 1.